The molecule has 8 heteroatoms. The summed E-state index contributed by atoms with van der Waals surface area (Å²) in [6, 6.07) is -1.46. The number of aliphatic hydroxyl groups excluding tert-OH is 1. The Labute approximate surface area is 208 Å². The molecule has 2 fully saturated rings. The highest BCUT2D eigenvalue weighted by Crippen LogP contribution is 2.53. The lowest BCUT2D eigenvalue weighted by Gasteiger charge is -2.39. The molecule has 0 aromatic heterocycles. The molecule has 0 bridgehead atoms. The highest BCUT2D eigenvalue weighted by atomic mass is 16.6. The van der Waals surface area contributed by atoms with Crippen LogP contribution in [0.5, 0.6) is 0 Å². The number of aliphatic hydroxyl groups is 1. The predicted octanol–water partition coefficient (Wildman–Crippen LogP) is 2.46. The first kappa shape index (κ1) is 25.9. The number of carbonyl (C=O) groups excluding carboxylic acids is 3. The Kier molecular flexibility index (Phi) is 8.01. The molecule has 1 spiro atoms. The van der Waals surface area contributed by atoms with Crippen LogP contribution in [-0.4, -0.2) is 82.8 Å². The molecule has 4 rings (SSSR count). The molecule has 0 radical (unpaired) electrons. The van der Waals surface area contributed by atoms with Crippen molar-refractivity contribution in [2.24, 2.45) is 17.8 Å². The Morgan fingerprint density at radius 3 is 2.69 bits per heavy atom. The van der Waals surface area contributed by atoms with Crippen molar-refractivity contribution >= 4 is 17.8 Å². The number of ether oxygens (including phenoxy) is 2. The van der Waals surface area contributed by atoms with E-state index >= 15 is 0 Å². The smallest absolute Gasteiger partial charge is 0.312 e. The zero-order valence-electron chi connectivity index (χ0n) is 21.2. The quantitative estimate of drug-likeness (QED) is 0.437. The van der Waals surface area contributed by atoms with Gasteiger partial charge < -0.3 is 24.4 Å². The lowest BCUT2D eigenvalue weighted by atomic mass is 9.78. The van der Waals surface area contributed by atoms with Crippen molar-refractivity contribution < 1.29 is 29.0 Å². The number of rotatable bonds is 7. The molecule has 1 unspecified atom stereocenters. The maximum atomic E-state index is 14.2. The zero-order chi connectivity index (χ0) is 25.2. The zero-order valence-corrected chi connectivity index (χ0v) is 21.2. The molecule has 8 nitrogen and oxygen atoms in total. The summed E-state index contributed by atoms with van der Waals surface area (Å²) in [4.78, 5) is 44.8. The average Bonchev–Trinajstić information content (AvgIpc) is 3.22. The molecular weight excluding hydrogens is 448 g/mol. The molecule has 2 saturated heterocycles. The number of fused-ring (bicyclic) bond motifs is 2. The summed E-state index contributed by atoms with van der Waals surface area (Å²) in [7, 11) is 0. The van der Waals surface area contributed by atoms with Gasteiger partial charge in [-0.2, -0.15) is 0 Å². The van der Waals surface area contributed by atoms with Crippen LogP contribution >= 0.6 is 0 Å². The van der Waals surface area contributed by atoms with Crippen LogP contribution in [0.3, 0.4) is 0 Å². The van der Waals surface area contributed by atoms with Gasteiger partial charge in [-0.05, 0) is 38.0 Å². The number of esters is 1. The second-order valence-corrected chi connectivity index (χ2v) is 10.7. The van der Waals surface area contributed by atoms with Crippen molar-refractivity contribution in [3.63, 3.8) is 0 Å². The maximum Gasteiger partial charge on any atom is 0.312 e. The maximum absolute atomic E-state index is 14.2. The van der Waals surface area contributed by atoms with Crippen molar-refractivity contribution in [2.45, 2.75) is 83.1 Å². The van der Waals surface area contributed by atoms with E-state index in [1.807, 2.05) is 38.2 Å². The number of cyclic esters (lactones) is 1. The van der Waals surface area contributed by atoms with E-state index in [0.717, 1.165) is 32.1 Å². The van der Waals surface area contributed by atoms with Gasteiger partial charge in [0.15, 0.2) is 0 Å². The number of allylic oxidation sites excluding steroid dienone is 1. The fourth-order valence-electron chi connectivity index (χ4n) is 6.17. The number of hydrogen-bond donors (Lipinski definition) is 1. The molecule has 6 atom stereocenters. The molecule has 0 aromatic carbocycles. The average molecular weight is 489 g/mol. The second-order valence-electron chi connectivity index (χ2n) is 10.7. The second kappa shape index (κ2) is 10.8. The number of unbranched alkanes of at least 4 members (excludes halogenated alkanes) is 1. The lowest BCUT2D eigenvalue weighted by Crippen LogP contribution is -2.58. The number of nitrogens with zero attached hydrogens (tertiary/aromatic N) is 2. The number of hydrogen-bond acceptors (Lipinski definition) is 6. The van der Waals surface area contributed by atoms with Gasteiger partial charge in [-0.15, -0.1) is 0 Å². The minimum Gasteiger partial charge on any atom is -0.465 e. The van der Waals surface area contributed by atoms with E-state index in [1.165, 1.54) is 0 Å². The van der Waals surface area contributed by atoms with Gasteiger partial charge in [0.2, 0.25) is 11.8 Å². The Bertz CT molecular complexity index is 870. The van der Waals surface area contributed by atoms with Gasteiger partial charge in [-0.3, -0.25) is 14.4 Å². The van der Waals surface area contributed by atoms with Crippen molar-refractivity contribution in [1.82, 2.24) is 9.80 Å². The lowest BCUT2D eigenvalue weighted by molar-refractivity contribution is -0.156. The predicted molar refractivity (Wildman–Crippen MR) is 130 cm³/mol. The van der Waals surface area contributed by atoms with Crippen LogP contribution in [0, 0.1) is 17.8 Å². The fourth-order valence-corrected chi connectivity index (χ4v) is 6.17. The molecule has 194 valence electrons. The highest BCUT2D eigenvalue weighted by Gasteiger charge is 2.72. The molecule has 1 N–H and O–H groups in total. The van der Waals surface area contributed by atoms with E-state index in [9.17, 15) is 19.5 Å². The first-order valence-corrected chi connectivity index (χ1v) is 13.3. The number of amides is 2. The Balaban J connectivity index is 1.81. The third kappa shape index (κ3) is 4.67. The van der Waals surface area contributed by atoms with Crippen LogP contribution in [0.25, 0.3) is 0 Å². The third-order valence-corrected chi connectivity index (χ3v) is 7.75. The first-order chi connectivity index (χ1) is 16.9. The summed E-state index contributed by atoms with van der Waals surface area (Å²) in [5.74, 6) is -2.43. The summed E-state index contributed by atoms with van der Waals surface area (Å²) < 4.78 is 12.2. The van der Waals surface area contributed by atoms with Gasteiger partial charge in [-0.1, -0.05) is 51.5 Å². The van der Waals surface area contributed by atoms with Gasteiger partial charge >= 0.3 is 5.97 Å². The van der Waals surface area contributed by atoms with E-state index in [-0.39, 0.29) is 24.3 Å². The highest BCUT2D eigenvalue weighted by molar-refractivity contribution is 5.99. The van der Waals surface area contributed by atoms with Crippen LogP contribution in [-0.2, 0) is 23.9 Å². The van der Waals surface area contributed by atoms with E-state index < -0.39 is 41.6 Å². The molecule has 4 aliphatic heterocycles. The number of carbonyl (C=O) groups is 3. The van der Waals surface area contributed by atoms with Gasteiger partial charge in [-0.25, -0.2) is 0 Å². The summed E-state index contributed by atoms with van der Waals surface area (Å²) in [5.41, 5.74) is -1.27. The van der Waals surface area contributed by atoms with Crippen LogP contribution < -0.4 is 0 Å². The minimum atomic E-state index is -1.27. The van der Waals surface area contributed by atoms with E-state index in [4.69, 9.17) is 9.47 Å². The Hall–Kier alpha value is -2.19. The first-order valence-electron chi connectivity index (χ1n) is 13.3. The Morgan fingerprint density at radius 2 is 1.97 bits per heavy atom. The van der Waals surface area contributed by atoms with Gasteiger partial charge in [0.25, 0.3) is 0 Å². The van der Waals surface area contributed by atoms with Crippen molar-refractivity contribution in [3.8, 4) is 0 Å². The summed E-state index contributed by atoms with van der Waals surface area (Å²) in [6.45, 7) is 7.19. The van der Waals surface area contributed by atoms with Crippen molar-refractivity contribution in [2.75, 3.05) is 26.3 Å². The largest absolute Gasteiger partial charge is 0.465 e. The molecule has 0 aliphatic carbocycles. The van der Waals surface area contributed by atoms with Crippen LogP contribution in [0.2, 0.25) is 0 Å². The minimum absolute atomic E-state index is 0.178. The SMILES string of the molecule is CCCCN1CC=C[C@]23O[C@@H]4/C=C\CCCCOC(=O)[C@@H]4[C@H]2C(=O)N([C@@H](CO)CC(C)C)C3C1=O. The van der Waals surface area contributed by atoms with Crippen LogP contribution in [0.15, 0.2) is 24.3 Å². The van der Waals surface area contributed by atoms with E-state index in [0.29, 0.717) is 26.1 Å². The monoisotopic (exact) mass is 488 g/mol. The summed E-state index contributed by atoms with van der Waals surface area (Å²) >= 11 is 0. The fraction of sp³-hybridized carbons (Fsp3) is 0.741. The molecule has 2 amide bonds. The summed E-state index contributed by atoms with van der Waals surface area (Å²) in [6.07, 6.45) is 11.8. The molecule has 4 aliphatic rings. The normalized spacial score (nSPS) is 34.8. The molecule has 0 saturated carbocycles. The summed E-state index contributed by atoms with van der Waals surface area (Å²) in [5, 5.41) is 10.3. The van der Waals surface area contributed by atoms with E-state index in [1.54, 1.807) is 9.80 Å². The molecule has 0 aromatic rings. The molecule has 35 heavy (non-hydrogen) atoms. The van der Waals surface area contributed by atoms with Crippen LogP contribution in [0.4, 0.5) is 0 Å². The van der Waals surface area contributed by atoms with Crippen molar-refractivity contribution in [3.05, 3.63) is 24.3 Å². The van der Waals surface area contributed by atoms with Gasteiger partial charge in [0.05, 0.1) is 31.3 Å². The topological polar surface area (TPSA) is 96.4 Å². The van der Waals surface area contributed by atoms with Gasteiger partial charge in [0, 0.05) is 13.1 Å². The van der Waals surface area contributed by atoms with Crippen LogP contribution in [0.1, 0.15) is 59.3 Å². The van der Waals surface area contributed by atoms with Gasteiger partial charge in [0.1, 0.15) is 17.6 Å². The third-order valence-electron chi connectivity index (χ3n) is 7.75. The Morgan fingerprint density at radius 1 is 1.17 bits per heavy atom. The van der Waals surface area contributed by atoms with E-state index in [2.05, 4.69) is 6.92 Å². The van der Waals surface area contributed by atoms with Crippen molar-refractivity contribution in [1.29, 1.82) is 0 Å². The number of likely N-dealkylation sites (tertiary alicyclic amines) is 1. The standard InChI is InChI=1S/C27H40N2O6/c1-4-5-13-28-14-10-12-27-22(21-20(35-27)11-8-6-7-9-15-34-26(21)33)24(31)29(23(27)25(28)32)19(17-30)16-18(2)3/h8,10-12,18-23,30H,4-7,9,13-17H2,1-3H3/b11-8-/t19-,20-,21+,22+,23?,27+/m1/s1. The molecule has 4 heterocycles. The molecular formula is C27H40N2O6.